The molecule has 90 valence electrons. The van der Waals surface area contributed by atoms with Gasteiger partial charge in [0, 0.05) is 10.5 Å². The molecule has 1 fully saturated rings. The molecule has 2 rings (SSSR count). The lowest BCUT2D eigenvalue weighted by molar-refractivity contribution is 0.387. The molecule has 1 N–H and O–H groups in total. The van der Waals surface area contributed by atoms with Gasteiger partial charge in [0.1, 0.15) is 5.82 Å². The Bertz CT molecular complexity index is 421. The summed E-state index contributed by atoms with van der Waals surface area (Å²) >= 11 is 3.33. The van der Waals surface area contributed by atoms with Crippen LogP contribution in [-0.4, -0.2) is 6.04 Å². The number of para-hydroxylation sites is 1. The molecule has 1 saturated carbocycles. The first-order valence-corrected chi connectivity index (χ1v) is 6.62. The van der Waals surface area contributed by atoms with Crippen molar-refractivity contribution in [3.63, 3.8) is 0 Å². The molecule has 17 heavy (non-hydrogen) atoms. The Morgan fingerprint density at radius 1 is 1.35 bits per heavy atom. The Morgan fingerprint density at radius 2 is 2.12 bits per heavy atom. The van der Waals surface area contributed by atoms with Gasteiger partial charge in [0.25, 0.3) is 0 Å². The Balaban J connectivity index is 2.17. The minimum absolute atomic E-state index is 0.0183. The maximum Gasteiger partial charge on any atom is 0.147 e. The molecular formula is C13H14BrFN2. The number of hydrogen-bond donors (Lipinski definition) is 1. The molecule has 0 aromatic heterocycles. The minimum Gasteiger partial charge on any atom is -0.378 e. The lowest BCUT2D eigenvalue weighted by atomic mass is 9.85. The van der Waals surface area contributed by atoms with Crippen molar-refractivity contribution in [3.05, 3.63) is 28.5 Å². The summed E-state index contributed by atoms with van der Waals surface area (Å²) in [5, 5.41) is 12.3. The first-order chi connectivity index (χ1) is 8.22. The van der Waals surface area contributed by atoms with E-state index >= 15 is 0 Å². The lowest BCUT2D eigenvalue weighted by Crippen LogP contribution is -2.31. The molecule has 1 aliphatic carbocycles. The SMILES string of the molecule is N#CC1CCCCC1Nc1c(F)cccc1Br. The highest BCUT2D eigenvalue weighted by Gasteiger charge is 2.25. The number of nitrogens with one attached hydrogen (secondary N) is 1. The van der Waals surface area contributed by atoms with Gasteiger partial charge in [-0.1, -0.05) is 18.9 Å². The third-order valence-corrected chi connectivity index (χ3v) is 3.89. The molecule has 0 radical (unpaired) electrons. The third kappa shape index (κ3) is 2.78. The Hall–Kier alpha value is -1.08. The van der Waals surface area contributed by atoms with E-state index in [1.807, 2.05) is 0 Å². The van der Waals surface area contributed by atoms with Crippen molar-refractivity contribution in [2.45, 2.75) is 31.7 Å². The zero-order chi connectivity index (χ0) is 12.3. The highest BCUT2D eigenvalue weighted by atomic mass is 79.9. The van der Waals surface area contributed by atoms with Crippen LogP contribution in [0.15, 0.2) is 22.7 Å². The summed E-state index contributed by atoms with van der Waals surface area (Å²) in [5.41, 5.74) is 0.472. The number of benzene rings is 1. The van der Waals surface area contributed by atoms with Gasteiger partial charge in [-0.05, 0) is 40.9 Å². The summed E-state index contributed by atoms with van der Waals surface area (Å²) in [5.74, 6) is -0.295. The highest BCUT2D eigenvalue weighted by molar-refractivity contribution is 9.10. The fourth-order valence-electron chi connectivity index (χ4n) is 2.28. The van der Waals surface area contributed by atoms with Gasteiger partial charge >= 0.3 is 0 Å². The van der Waals surface area contributed by atoms with E-state index in [0.29, 0.717) is 10.2 Å². The van der Waals surface area contributed by atoms with Crippen molar-refractivity contribution >= 4 is 21.6 Å². The van der Waals surface area contributed by atoms with Gasteiger partial charge in [-0.15, -0.1) is 0 Å². The summed E-state index contributed by atoms with van der Waals surface area (Å²) in [6.07, 6.45) is 4.02. The van der Waals surface area contributed by atoms with Crippen molar-refractivity contribution in [2.75, 3.05) is 5.32 Å². The molecule has 2 atom stereocenters. The fraction of sp³-hybridized carbons (Fsp3) is 0.462. The van der Waals surface area contributed by atoms with Crippen molar-refractivity contribution in [3.8, 4) is 6.07 Å². The molecule has 0 bridgehead atoms. The van der Waals surface area contributed by atoms with Crippen LogP contribution in [0.25, 0.3) is 0 Å². The predicted octanol–water partition coefficient (Wildman–Crippen LogP) is 4.08. The van der Waals surface area contributed by atoms with Crippen LogP contribution in [-0.2, 0) is 0 Å². The zero-order valence-electron chi connectivity index (χ0n) is 9.42. The Labute approximate surface area is 109 Å². The standard InChI is InChI=1S/C13H14BrFN2/c14-10-5-3-6-11(15)13(10)17-12-7-2-1-4-9(12)8-16/h3,5-6,9,12,17H,1-2,4,7H2. The number of halogens is 2. The van der Waals surface area contributed by atoms with Crippen LogP contribution in [0, 0.1) is 23.1 Å². The van der Waals surface area contributed by atoms with Gasteiger partial charge < -0.3 is 5.32 Å². The van der Waals surface area contributed by atoms with E-state index in [1.165, 1.54) is 6.07 Å². The smallest absolute Gasteiger partial charge is 0.147 e. The van der Waals surface area contributed by atoms with Crippen LogP contribution in [0.5, 0.6) is 0 Å². The maximum atomic E-state index is 13.7. The van der Waals surface area contributed by atoms with Gasteiger partial charge in [0.15, 0.2) is 0 Å². The molecule has 0 spiro atoms. The normalized spacial score (nSPS) is 24.1. The molecule has 0 amide bonds. The predicted molar refractivity (Wildman–Crippen MR) is 69.1 cm³/mol. The quantitative estimate of drug-likeness (QED) is 0.892. The lowest BCUT2D eigenvalue weighted by Gasteiger charge is -2.29. The molecule has 1 aromatic carbocycles. The van der Waals surface area contributed by atoms with Crippen LogP contribution in [0.2, 0.25) is 0 Å². The monoisotopic (exact) mass is 296 g/mol. The average molecular weight is 297 g/mol. The van der Waals surface area contributed by atoms with Crippen molar-refractivity contribution in [1.82, 2.24) is 0 Å². The maximum absolute atomic E-state index is 13.7. The third-order valence-electron chi connectivity index (χ3n) is 3.22. The highest BCUT2D eigenvalue weighted by Crippen LogP contribution is 2.31. The van der Waals surface area contributed by atoms with Gasteiger partial charge in [-0.3, -0.25) is 0 Å². The molecular weight excluding hydrogens is 283 g/mol. The second-order valence-electron chi connectivity index (χ2n) is 4.37. The van der Waals surface area contributed by atoms with Gasteiger partial charge in [-0.2, -0.15) is 5.26 Å². The Morgan fingerprint density at radius 3 is 2.82 bits per heavy atom. The van der Waals surface area contributed by atoms with Crippen molar-refractivity contribution < 1.29 is 4.39 Å². The largest absolute Gasteiger partial charge is 0.378 e. The summed E-state index contributed by atoms with van der Waals surface area (Å²) in [6.45, 7) is 0. The van der Waals surface area contributed by atoms with E-state index in [9.17, 15) is 4.39 Å². The molecule has 2 nitrogen and oxygen atoms in total. The van der Waals surface area contributed by atoms with E-state index < -0.39 is 0 Å². The second-order valence-corrected chi connectivity index (χ2v) is 5.22. The number of nitriles is 1. The van der Waals surface area contributed by atoms with Crippen molar-refractivity contribution in [1.29, 1.82) is 5.26 Å². The topological polar surface area (TPSA) is 35.8 Å². The van der Waals surface area contributed by atoms with Crippen LogP contribution < -0.4 is 5.32 Å². The van der Waals surface area contributed by atoms with Crippen LogP contribution in [0.3, 0.4) is 0 Å². The Kier molecular flexibility index (Phi) is 4.01. The van der Waals surface area contributed by atoms with E-state index in [2.05, 4.69) is 27.3 Å². The first kappa shape index (κ1) is 12.4. The van der Waals surface area contributed by atoms with Gasteiger partial charge in [-0.25, -0.2) is 4.39 Å². The molecule has 1 aliphatic rings. The van der Waals surface area contributed by atoms with E-state index in [0.717, 1.165) is 25.7 Å². The summed E-state index contributed by atoms with van der Waals surface area (Å²) < 4.78 is 14.4. The molecule has 0 saturated heterocycles. The molecule has 4 heteroatoms. The van der Waals surface area contributed by atoms with Crippen LogP contribution in [0.1, 0.15) is 25.7 Å². The van der Waals surface area contributed by atoms with E-state index in [-0.39, 0.29) is 17.8 Å². The fourth-order valence-corrected chi connectivity index (χ4v) is 2.74. The second kappa shape index (κ2) is 5.50. The minimum atomic E-state index is -0.276. The summed E-state index contributed by atoms with van der Waals surface area (Å²) in [7, 11) is 0. The van der Waals surface area contributed by atoms with Gasteiger partial charge in [0.05, 0.1) is 17.7 Å². The number of nitrogens with zero attached hydrogens (tertiary/aromatic N) is 1. The molecule has 0 aliphatic heterocycles. The average Bonchev–Trinajstić information content (AvgIpc) is 2.34. The molecule has 1 aromatic rings. The molecule has 2 unspecified atom stereocenters. The van der Waals surface area contributed by atoms with E-state index in [1.54, 1.807) is 12.1 Å². The van der Waals surface area contributed by atoms with Crippen molar-refractivity contribution in [2.24, 2.45) is 5.92 Å². The van der Waals surface area contributed by atoms with Crippen LogP contribution >= 0.6 is 15.9 Å². The van der Waals surface area contributed by atoms with E-state index in [4.69, 9.17) is 5.26 Å². The number of anilines is 1. The summed E-state index contributed by atoms with van der Waals surface area (Å²) in [4.78, 5) is 0. The number of rotatable bonds is 2. The molecule has 0 heterocycles. The first-order valence-electron chi connectivity index (χ1n) is 5.82. The zero-order valence-corrected chi connectivity index (χ0v) is 11.0. The van der Waals surface area contributed by atoms with Gasteiger partial charge in [0.2, 0.25) is 0 Å². The van der Waals surface area contributed by atoms with Crippen LogP contribution in [0.4, 0.5) is 10.1 Å². The summed E-state index contributed by atoms with van der Waals surface area (Å²) in [6, 6.07) is 7.26. The number of hydrogen-bond acceptors (Lipinski definition) is 2.